The summed E-state index contributed by atoms with van der Waals surface area (Å²) >= 11 is 0. The smallest absolute Gasteiger partial charge is 0.0599 e. The maximum absolute atomic E-state index is 3.54. The molecule has 2 heteroatoms. The minimum atomic E-state index is 0.726. The van der Waals surface area contributed by atoms with Gasteiger partial charge in [-0.15, -0.1) is 0 Å². The van der Waals surface area contributed by atoms with Crippen LogP contribution in [-0.4, -0.2) is 30.2 Å². The second-order valence-corrected chi connectivity index (χ2v) is 3.49. The first kappa shape index (κ1) is 6.62. The highest BCUT2D eigenvalue weighted by Crippen LogP contribution is 2.22. The van der Waals surface area contributed by atoms with Gasteiger partial charge < -0.3 is 5.32 Å². The summed E-state index contributed by atoms with van der Waals surface area (Å²) in [5.41, 5.74) is 0. The van der Waals surface area contributed by atoms with E-state index in [0.29, 0.717) is 0 Å². The van der Waals surface area contributed by atoms with Crippen molar-refractivity contribution in [3.63, 3.8) is 0 Å². The molecule has 0 aromatic heterocycles. The Bertz CT molecular complexity index is 124. The van der Waals surface area contributed by atoms with Gasteiger partial charge in [0.1, 0.15) is 0 Å². The molecule has 2 saturated heterocycles. The Kier molecular flexibility index (Phi) is 1.66. The fourth-order valence-corrected chi connectivity index (χ4v) is 2.16. The van der Waals surface area contributed by atoms with Crippen molar-refractivity contribution in [1.29, 1.82) is 0 Å². The molecule has 58 valence electrons. The third-order valence-electron chi connectivity index (χ3n) is 2.80. The molecule has 0 aromatic carbocycles. The van der Waals surface area contributed by atoms with Gasteiger partial charge in [0.25, 0.3) is 0 Å². The Labute approximate surface area is 62.6 Å². The van der Waals surface area contributed by atoms with Gasteiger partial charge in [0.05, 0.1) is 6.17 Å². The van der Waals surface area contributed by atoms with E-state index in [1.54, 1.807) is 0 Å². The molecule has 0 spiro atoms. The SMILES string of the molecule is CC1CCNC2CCCN12. The van der Waals surface area contributed by atoms with Gasteiger partial charge in [0, 0.05) is 12.6 Å². The molecular weight excluding hydrogens is 124 g/mol. The minimum absolute atomic E-state index is 0.726. The standard InChI is InChI=1S/C8H16N2/c1-7-4-5-9-8-3-2-6-10(7)8/h7-9H,2-6H2,1H3. The normalized spacial score (nSPS) is 41.7. The fraction of sp³-hybridized carbons (Fsp3) is 1.00. The lowest BCUT2D eigenvalue weighted by Gasteiger charge is -2.36. The van der Waals surface area contributed by atoms with Gasteiger partial charge >= 0.3 is 0 Å². The van der Waals surface area contributed by atoms with E-state index in [2.05, 4.69) is 17.1 Å². The summed E-state index contributed by atoms with van der Waals surface area (Å²) in [5, 5.41) is 3.54. The van der Waals surface area contributed by atoms with Crippen molar-refractivity contribution in [3.05, 3.63) is 0 Å². The summed E-state index contributed by atoms with van der Waals surface area (Å²) in [4.78, 5) is 2.60. The highest BCUT2D eigenvalue weighted by Gasteiger charge is 2.30. The van der Waals surface area contributed by atoms with Crippen LogP contribution in [0, 0.1) is 0 Å². The van der Waals surface area contributed by atoms with E-state index in [-0.39, 0.29) is 0 Å². The average molecular weight is 140 g/mol. The second kappa shape index (κ2) is 2.51. The molecule has 2 heterocycles. The topological polar surface area (TPSA) is 15.3 Å². The number of nitrogens with one attached hydrogen (secondary N) is 1. The largest absolute Gasteiger partial charge is 0.302 e. The molecule has 2 nitrogen and oxygen atoms in total. The summed E-state index contributed by atoms with van der Waals surface area (Å²) in [5.74, 6) is 0. The minimum Gasteiger partial charge on any atom is -0.302 e. The van der Waals surface area contributed by atoms with Crippen LogP contribution in [0.4, 0.5) is 0 Å². The van der Waals surface area contributed by atoms with Crippen LogP contribution in [0.15, 0.2) is 0 Å². The van der Waals surface area contributed by atoms with E-state index >= 15 is 0 Å². The molecule has 0 radical (unpaired) electrons. The quantitative estimate of drug-likeness (QED) is 0.535. The van der Waals surface area contributed by atoms with Gasteiger partial charge in [-0.25, -0.2) is 0 Å². The zero-order valence-electron chi connectivity index (χ0n) is 6.64. The van der Waals surface area contributed by atoms with Crippen LogP contribution in [0.5, 0.6) is 0 Å². The van der Waals surface area contributed by atoms with Crippen LogP contribution in [-0.2, 0) is 0 Å². The van der Waals surface area contributed by atoms with Crippen LogP contribution < -0.4 is 5.32 Å². The van der Waals surface area contributed by atoms with Crippen LogP contribution >= 0.6 is 0 Å². The summed E-state index contributed by atoms with van der Waals surface area (Å²) in [6.07, 6.45) is 4.81. The van der Waals surface area contributed by atoms with Gasteiger partial charge in [-0.05, 0) is 32.7 Å². The molecule has 0 bridgehead atoms. The van der Waals surface area contributed by atoms with Crippen molar-refractivity contribution in [1.82, 2.24) is 10.2 Å². The molecule has 2 aliphatic rings. The van der Waals surface area contributed by atoms with Crippen LogP contribution in [0.1, 0.15) is 26.2 Å². The Morgan fingerprint density at radius 3 is 3.10 bits per heavy atom. The first-order valence-electron chi connectivity index (χ1n) is 4.37. The van der Waals surface area contributed by atoms with E-state index in [4.69, 9.17) is 0 Å². The molecule has 1 N–H and O–H groups in total. The average Bonchev–Trinajstić information content (AvgIpc) is 2.36. The van der Waals surface area contributed by atoms with E-state index in [1.165, 1.54) is 32.4 Å². The first-order valence-corrected chi connectivity index (χ1v) is 4.37. The van der Waals surface area contributed by atoms with Gasteiger partial charge in [-0.3, -0.25) is 4.90 Å². The highest BCUT2D eigenvalue weighted by atomic mass is 15.3. The lowest BCUT2D eigenvalue weighted by molar-refractivity contribution is 0.121. The van der Waals surface area contributed by atoms with E-state index in [0.717, 1.165) is 12.2 Å². The zero-order valence-corrected chi connectivity index (χ0v) is 6.64. The predicted molar refractivity (Wildman–Crippen MR) is 41.8 cm³/mol. The lowest BCUT2D eigenvalue weighted by Crippen LogP contribution is -2.51. The predicted octanol–water partition coefficient (Wildman–Crippen LogP) is 0.790. The van der Waals surface area contributed by atoms with Crippen LogP contribution in [0.25, 0.3) is 0 Å². The van der Waals surface area contributed by atoms with E-state index in [1.807, 2.05) is 0 Å². The molecule has 2 aliphatic heterocycles. The van der Waals surface area contributed by atoms with Crippen molar-refractivity contribution in [2.75, 3.05) is 13.1 Å². The summed E-state index contributed by atoms with van der Waals surface area (Å²) in [7, 11) is 0. The maximum Gasteiger partial charge on any atom is 0.0599 e. The molecule has 0 saturated carbocycles. The Morgan fingerprint density at radius 1 is 1.40 bits per heavy atom. The Morgan fingerprint density at radius 2 is 2.30 bits per heavy atom. The van der Waals surface area contributed by atoms with Crippen molar-refractivity contribution in [2.24, 2.45) is 0 Å². The lowest BCUT2D eigenvalue weighted by atomic mass is 10.1. The van der Waals surface area contributed by atoms with E-state index in [9.17, 15) is 0 Å². The first-order chi connectivity index (χ1) is 4.88. The van der Waals surface area contributed by atoms with Crippen LogP contribution in [0.3, 0.4) is 0 Å². The van der Waals surface area contributed by atoms with Gasteiger partial charge in [-0.2, -0.15) is 0 Å². The molecule has 0 aliphatic carbocycles. The van der Waals surface area contributed by atoms with Gasteiger partial charge in [-0.1, -0.05) is 0 Å². The molecule has 2 atom stereocenters. The van der Waals surface area contributed by atoms with Crippen molar-refractivity contribution in [3.8, 4) is 0 Å². The molecule has 0 aromatic rings. The van der Waals surface area contributed by atoms with Crippen molar-refractivity contribution >= 4 is 0 Å². The molecular formula is C8H16N2. The summed E-state index contributed by atoms with van der Waals surface area (Å²) in [6.45, 7) is 4.89. The van der Waals surface area contributed by atoms with Crippen molar-refractivity contribution < 1.29 is 0 Å². The fourth-order valence-electron chi connectivity index (χ4n) is 2.16. The second-order valence-electron chi connectivity index (χ2n) is 3.49. The Balaban J connectivity index is 2.03. The van der Waals surface area contributed by atoms with Crippen molar-refractivity contribution in [2.45, 2.75) is 38.4 Å². The zero-order chi connectivity index (χ0) is 6.97. The number of fused-ring (bicyclic) bond motifs is 1. The molecule has 0 amide bonds. The molecule has 2 rings (SSSR count). The maximum atomic E-state index is 3.54. The molecule has 10 heavy (non-hydrogen) atoms. The van der Waals surface area contributed by atoms with E-state index < -0.39 is 0 Å². The molecule has 2 unspecified atom stereocenters. The molecule has 2 fully saturated rings. The Hall–Kier alpha value is -0.0800. The van der Waals surface area contributed by atoms with Gasteiger partial charge in [0.2, 0.25) is 0 Å². The number of hydrogen-bond acceptors (Lipinski definition) is 2. The third-order valence-corrected chi connectivity index (χ3v) is 2.80. The van der Waals surface area contributed by atoms with Crippen LogP contribution in [0.2, 0.25) is 0 Å². The monoisotopic (exact) mass is 140 g/mol. The number of nitrogens with zero attached hydrogens (tertiary/aromatic N) is 1. The third kappa shape index (κ3) is 0.956. The number of hydrogen-bond donors (Lipinski definition) is 1. The summed E-state index contributed by atoms with van der Waals surface area (Å²) < 4.78 is 0. The number of rotatable bonds is 0. The van der Waals surface area contributed by atoms with Gasteiger partial charge in [0.15, 0.2) is 0 Å². The summed E-state index contributed by atoms with van der Waals surface area (Å²) in [6, 6.07) is 0.828. The highest BCUT2D eigenvalue weighted by molar-refractivity contribution is 4.85.